The third-order valence-corrected chi connectivity index (χ3v) is 4.36. The monoisotopic (exact) mass is 356 g/mol. The van der Waals surface area contributed by atoms with Crippen molar-refractivity contribution < 1.29 is 19.2 Å². The van der Waals surface area contributed by atoms with Gasteiger partial charge in [0.1, 0.15) is 18.8 Å². The predicted molar refractivity (Wildman–Crippen MR) is 95.9 cm³/mol. The van der Waals surface area contributed by atoms with E-state index in [1.807, 2.05) is 32.0 Å². The minimum absolute atomic E-state index is 0.0514. The highest BCUT2D eigenvalue weighted by atomic mass is 16.6. The molecule has 7 nitrogen and oxygen atoms in total. The standard InChI is InChI=1S/C19H20N2O5/c1-19(2,13-7-8-16-17(11-13)26-10-9-25-16)12-20-18(22)14-5-3-4-6-15(14)21(23)24/h3-8,11H,9-10,12H2,1-2H3,(H,20,22). The van der Waals surface area contributed by atoms with E-state index in [0.717, 1.165) is 5.56 Å². The number of nitrogens with one attached hydrogen (secondary N) is 1. The second kappa shape index (κ2) is 7.03. The first-order valence-corrected chi connectivity index (χ1v) is 8.30. The van der Waals surface area contributed by atoms with Crippen LogP contribution in [0, 0.1) is 10.1 Å². The van der Waals surface area contributed by atoms with Gasteiger partial charge in [0.15, 0.2) is 11.5 Å². The number of ether oxygens (including phenoxy) is 2. The molecule has 136 valence electrons. The van der Waals surface area contributed by atoms with E-state index in [2.05, 4.69) is 5.32 Å². The highest BCUT2D eigenvalue weighted by Gasteiger charge is 2.26. The molecule has 3 rings (SSSR count). The lowest BCUT2D eigenvalue weighted by molar-refractivity contribution is -0.385. The molecule has 2 aromatic rings. The maximum Gasteiger partial charge on any atom is 0.282 e. The lowest BCUT2D eigenvalue weighted by Crippen LogP contribution is -2.37. The molecule has 0 saturated carbocycles. The van der Waals surface area contributed by atoms with E-state index in [0.29, 0.717) is 31.3 Å². The number of rotatable bonds is 5. The maximum atomic E-state index is 12.4. The summed E-state index contributed by atoms with van der Waals surface area (Å²) in [6.07, 6.45) is 0. The van der Waals surface area contributed by atoms with Crippen LogP contribution in [0.25, 0.3) is 0 Å². The lowest BCUT2D eigenvalue weighted by atomic mass is 9.84. The highest BCUT2D eigenvalue weighted by molar-refractivity contribution is 5.98. The van der Waals surface area contributed by atoms with Crippen molar-refractivity contribution in [3.8, 4) is 11.5 Å². The van der Waals surface area contributed by atoms with Gasteiger partial charge in [-0.05, 0) is 23.8 Å². The van der Waals surface area contributed by atoms with E-state index < -0.39 is 16.2 Å². The number of carbonyl (C=O) groups is 1. The van der Waals surface area contributed by atoms with Gasteiger partial charge in [-0.2, -0.15) is 0 Å². The number of nitrogens with zero attached hydrogens (tertiary/aromatic N) is 1. The maximum absolute atomic E-state index is 12.4. The van der Waals surface area contributed by atoms with Crippen molar-refractivity contribution in [2.45, 2.75) is 19.3 Å². The number of amides is 1. The number of fused-ring (bicyclic) bond motifs is 1. The van der Waals surface area contributed by atoms with E-state index in [-0.39, 0.29) is 11.3 Å². The molecule has 1 aliphatic heterocycles. The molecule has 0 atom stereocenters. The van der Waals surface area contributed by atoms with Crippen LogP contribution in [-0.4, -0.2) is 30.6 Å². The molecular formula is C19H20N2O5. The van der Waals surface area contributed by atoms with Crippen molar-refractivity contribution >= 4 is 11.6 Å². The summed E-state index contributed by atoms with van der Waals surface area (Å²) in [5.41, 5.74) is 0.428. The number of hydrogen-bond donors (Lipinski definition) is 1. The number of nitro groups is 1. The molecule has 0 fully saturated rings. The van der Waals surface area contributed by atoms with Crippen LogP contribution in [-0.2, 0) is 5.41 Å². The first-order chi connectivity index (χ1) is 12.4. The number of carbonyl (C=O) groups excluding carboxylic acids is 1. The summed E-state index contributed by atoms with van der Waals surface area (Å²) in [4.78, 5) is 23.0. The Morgan fingerprint density at radius 1 is 1.15 bits per heavy atom. The Labute approximate surface area is 151 Å². The lowest BCUT2D eigenvalue weighted by Gasteiger charge is -2.27. The first kappa shape index (κ1) is 17.7. The molecule has 7 heteroatoms. The predicted octanol–water partition coefficient (Wildman–Crippen LogP) is 3.07. The van der Waals surface area contributed by atoms with Crippen LogP contribution in [0.1, 0.15) is 29.8 Å². The molecule has 26 heavy (non-hydrogen) atoms. The zero-order valence-electron chi connectivity index (χ0n) is 14.7. The zero-order chi connectivity index (χ0) is 18.7. The fourth-order valence-corrected chi connectivity index (χ4v) is 2.79. The highest BCUT2D eigenvalue weighted by Crippen LogP contribution is 2.35. The molecule has 0 bridgehead atoms. The van der Waals surface area contributed by atoms with Gasteiger partial charge in [-0.25, -0.2) is 0 Å². The van der Waals surface area contributed by atoms with Crippen LogP contribution in [0.4, 0.5) is 5.69 Å². The SMILES string of the molecule is CC(C)(CNC(=O)c1ccccc1[N+](=O)[O-])c1ccc2c(c1)OCCO2. The first-order valence-electron chi connectivity index (χ1n) is 8.30. The van der Waals surface area contributed by atoms with Crippen molar-refractivity contribution in [2.75, 3.05) is 19.8 Å². The minimum atomic E-state index is -0.555. The summed E-state index contributed by atoms with van der Waals surface area (Å²) in [6, 6.07) is 11.6. The van der Waals surface area contributed by atoms with E-state index in [4.69, 9.17) is 9.47 Å². The van der Waals surface area contributed by atoms with Gasteiger partial charge >= 0.3 is 0 Å². The van der Waals surface area contributed by atoms with Crippen LogP contribution in [0.3, 0.4) is 0 Å². The van der Waals surface area contributed by atoms with Gasteiger partial charge in [0, 0.05) is 18.0 Å². The van der Waals surface area contributed by atoms with Crippen molar-refractivity contribution in [2.24, 2.45) is 0 Å². The van der Waals surface area contributed by atoms with Crippen LogP contribution < -0.4 is 14.8 Å². The van der Waals surface area contributed by atoms with Crippen LogP contribution in [0.5, 0.6) is 11.5 Å². The molecule has 1 aliphatic rings. The molecular weight excluding hydrogens is 336 g/mol. The molecule has 0 unspecified atom stereocenters. The molecule has 0 aliphatic carbocycles. The summed E-state index contributed by atoms with van der Waals surface area (Å²) in [7, 11) is 0. The fraction of sp³-hybridized carbons (Fsp3) is 0.316. The van der Waals surface area contributed by atoms with Gasteiger partial charge in [0.05, 0.1) is 4.92 Å². The molecule has 0 saturated heterocycles. The largest absolute Gasteiger partial charge is 0.486 e. The summed E-state index contributed by atoms with van der Waals surface area (Å²) in [6.45, 7) is 5.32. The normalized spacial score (nSPS) is 13.2. The average molecular weight is 356 g/mol. The molecule has 0 radical (unpaired) electrons. The molecule has 1 heterocycles. The molecule has 2 aromatic carbocycles. The Balaban J connectivity index is 1.74. The van der Waals surface area contributed by atoms with E-state index >= 15 is 0 Å². The summed E-state index contributed by atoms with van der Waals surface area (Å²) in [5, 5.41) is 13.9. The molecule has 0 spiro atoms. The van der Waals surface area contributed by atoms with E-state index in [9.17, 15) is 14.9 Å². The molecule has 1 N–H and O–H groups in total. The van der Waals surface area contributed by atoms with Crippen molar-refractivity contribution in [3.63, 3.8) is 0 Å². The Morgan fingerprint density at radius 2 is 1.85 bits per heavy atom. The quantitative estimate of drug-likeness (QED) is 0.657. The Bertz CT molecular complexity index is 848. The van der Waals surface area contributed by atoms with E-state index in [1.54, 1.807) is 6.07 Å². The average Bonchev–Trinajstić information content (AvgIpc) is 2.65. The van der Waals surface area contributed by atoms with Gasteiger partial charge in [0.2, 0.25) is 0 Å². The van der Waals surface area contributed by atoms with Crippen molar-refractivity contribution in [1.29, 1.82) is 0 Å². The number of hydrogen-bond acceptors (Lipinski definition) is 5. The third-order valence-electron chi connectivity index (χ3n) is 4.36. The topological polar surface area (TPSA) is 90.7 Å². The van der Waals surface area contributed by atoms with E-state index in [1.165, 1.54) is 18.2 Å². The Hall–Kier alpha value is -3.09. The smallest absolute Gasteiger partial charge is 0.282 e. The molecule has 0 aromatic heterocycles. The second-order valence-corrected chi connectivity index (χ2v) is 6.70. The Morgan fingerprint density at radius 3 is 2.58 bits per heavy atom. The van der Waals surface area contributed by atoms with Crippen LogP contribution in [0.15, 0.2) is 42.5 Å². The second-order valence-electron chi connectivity index (χ2n) is 6.70. The van der Waals surface area contributed by atoms with Gasteiger partial charge < -0.3 is 14.8 Å². The molecule has 1 amide bonds. The summed E-state index contributed by atoms with van der Waals surface area (Å²) < 4.78 is 11.1. The minimum Gasteiger partial charge on any atom is -0.486 e. The van der Waals surface area contributed by atoms with Crippen LogP contribution >= 0.6 is 0 Å². The number of para-hydroxylation sites is 1. The van der Waals surface area contributed by atoms with Gasteiger partial charge in [-0.3, -0.25) is 14.9 Å². The van der Waals surface area contributed by atoms with Gasteiger partial charge in [-0.1, -0.05) is 32.0 Å². The number of benzene rings is 2. The zero-order valence-corrected chi connectivity index (χ0v) is 14.7. The van der Waals surface area contributed by atoms with Crippen molar-refractivity contribution in [3.05, 3.63) is 63.7 Å². The number of nitro benzene ring substituents is 1. The van der Waals surface area contributed by atoms with Gasteiger partial charge in [0.25, 0.3) is 11.6 Å². The summed E-state index contributed by atoms with van der Waals surface area (Å²) >= 11 is 0. The van der Waals surface area contributed by atoms with Crippen molar-refractivity contribution in [1.82, 2.24) is 5.32 Å². The van der Waals surface area contributed by atoms with Crippen LogP contribution in [0.2, 0.25) is 0 Å². The third kappa shape index (κ3) is 3.61. The van der Waals surface area contributed by atoms with Gasteiger partial charge in [-0.15, -0.1) is 0 Å². The fourth-order valence-electron chi connectivity index (χ4n) is 2.79. The Kier molecular flexibility index (Phi) is 4.79. The summed E-state index contributed by atoms with van der Waals surface area (Å²) in [5.74, 6) is 0.925.